The predicted molar refractivity (Wildman–Crippen MR) is 83.7 cm³/mol. The van der Waals surface area contributed by atoms with E-state index in [2.05, 4.69) is 19.9 Å². The van der Waals surface area contributed by atoms with Crippen molar-refractivity contribution >= 4 is 5.91 Å². The van der Waals surface area contributed by atoms with E-state index < -0.39 is 0 Å². The highest BCUT2D eigenvalue weighted by molar-refractivity contribution is 5.94. The van der Waals surface area contributed by atoms with Gasteiger partial charge in [-0.05, 0) is 24.6 Å². The molecule has 0 unspecified atom stereocenters. The van der Waals surface area contributed by atoms with E-state index >= 15 is 0 Å². The highest BCUT2D eigenvalue weighted by Gasteiger charge is 2.24. The fourth-order valence-electron chi connectivity index (χ4n) is 2.98. The Kier molecular flexibility index (Phi) is 3.45. The second kappa shape index (κ2) is 5.75. The van der Waals surface area contributed by atoms with E-state index in [-0.39, 0.29) is 5.91 Å². The lowest BCUT2D eigenvalue weighted by Crippen LogP contribution is -2.30. The Morgan fingerprint density at radius 2 is 2.13 bits per heavy atom. The zero-order valence-electron chi connectivity index (χ0n) is 12.7. The number of H-pyrrole nitrogens is 1. The third-order valence-electron chi connectivity index (χ3n) is 4.19. The summed E-state index contributed by atoms with van der Waals surface area (Å²) in [6, 6.07) is 5.79. The maximum atomic E-state index is 12.6. The molecule has 0 aliphatic carbocycles. The van der Waals surface area contributed by atoms with Crippen LogP contribution in [0.2, 0.25) is 0 Å². The molecule has 1 N–H and O–H groups in total. The van der Waals surface area contributed by atoms with Gasteiger partial charge >= 0.3 is 0 Å². The fraction of sp³-hybridized carbons (Fsp3) is 0.312. The molecule has 7 heteroatoms. The SMILES string of the molecule is O=C(c1cc[nH]c1)N1CCCn2nnc(Cn3cccc3)c2C1. The van der Waals surface area contributed by atoms with Crippen LogP contribution in [-0.2, 0) is 19.6 Å². The number of aromatic amines is 1. The van der Waals surface area contributed by atoms with Crippen molar-refractivity contribution in [2.75, 3.05) is 6.54 Å². The van der Waals surface area contributed by atoms with Crippen molar-refractivity contribution in [3.8, 4) is 0 Å². The van der Waals surface area contributed by atoms with Crippen LogP contribution in [0.5, 0.6) is 0 Å². The second-order valence-corrected chi connectivity index (χ2v) is 5.74. The summed E-state index contributed by atoms with van der Waals surface area (Å²) in [7, 11) is 0. The van der Waals surface area contributed by atoms with E-state index in [1.165, 1.54) is 0 Å². The average molecular weight is 310 g/mol. The number of aromatic nitrogens is 5. The molecule has 1 amide bonds. The minimum absolute atomic E-state index is 0.0489. The van der Waals surface area contributed by atoms with E-state index in [0.29, 0.717) is 18.7 Å². The van der Waals surface area contributed by atoms with E-state index in [0.717, 1.165) is 30.9 Å². The lowest BCUT2D eigenvalue weighted by molar-refractivity contribution is 0.0745. The van der Waals surface area contributed by atoms with Gasteiger partial charge in [0.1, 0.15) is 5.69 Å². The van der Waals surface area contributed by atoms with Crippen molar-refractivity contribution in [1.82, 2.24) is 29.4 Å². The summed E-state index contributed by atoms with van der Waals surface area (Å²) in [5.74, 6) is 0.0489. The van der Waals surface area contributed by atoms with Crippen LogP contribution < -0.4 is 0 Å². The number of nitrogens with one attached hydrogen (secondary N) is 1. The molecule has 118 valence electrons. The molecular formula is C16H18N6O. The maximum absolute atomic E-state index is 12.6. The molecule has 0 spiro atoms. The summed E-state index contributed by atoms with van der Waals surface area (Å²) < 4.78 is 4.00. The molecule has 0 saturated carbocycles. The molecule has 0 radical (unpaired) electrons. The topological polar surface area (TPSA) is 71.7 Å². The van der Waals surface area contributed by atoms with Gasteiger partial charge in [0.25, 0.3) is 5.91 Å². The Morgan fingerprint density at radius 1 is 1.26 bits per heavy atom. The van der Waals surface area contributed by atoms with Crippen LogP contribution in [0.3, 0.4) is 0 Å². The van der Waals surface area contributed by atoms with Crippen LogP contribution in [0.25, 0.3) is 0 Å². The Bertz CT molecular complexity index is 787. The molecular weight excluding hydrogens is 292 g/mol. The number of nitrogens with zero attached hydrogens (tertiary/aromatic N) is 5. The first kappa shape index (κ1) is 13.8. The van der Waals surface area contributed by atoms with Crippen LogP contribution in [0.15, 0.2) is 43.0 Å². The lowest BCUT2D eigenvalue weighted by Gasteiger charge is -2.19. The van der Waals surface area contributed by atoms with Crippen molar-refractivity contribution in [2.45, 2.75) is 26.1 Å². The van der Waals surface area contributed by atoms with Gasteiger partial charge < -0.3 is 14.5 Å². The van der Waals surface area contributed by atoms with Crippen LogP contribution in [0.4, 0.5) is 0 Å². The highest BCUT2D eigenvalue weighted by Crippen LogP contribution is 2.17. The molecule has 3 aromatic rings. The summed E-state index contributed by atoms with van der Waals surface area (Å²) in [5.41, 5.74) is 2.65. The first-order chi connectivity index (χ1) is 11.3. The summed E-state index contributed by atoms with van der Waals surface area (Å²) >= 11 is 0. The summed E-state index contributed by atoms with van der Waals surface area (Å²) in [6.45, 7) is 2.75. The molecule has 0 fully saturated rings. The van der Waals surface area contributed by atoms with Crippen LogP contribution in [0.1, 0.15) is 28.2 Å². The van der Waals surface area contributed by atoms with Gasteiger partial charge in [-0.15, -0.1) is 5.10 Å². The van der Waals surface area contributed by atoms with Gasteiger partial charge in [-0.2, -0.15) is 0 Å². The maximum Gasteiger partial charge on any atom is 0.255 e. The largest absolute Gasteiger partial charge is 0.367 e. The van der Waals surface area contributed by atoms with Gasteiger partial charge in [0.2, 0.25) is 0 Å². The molecule has 1 aliphatic rings. The zero-order chi connectivity index (χ0) is 15.6. The molecule has 4 heterocycles. The van der Waals surface area contributed by atoms with E-state index in [4.69, 9.17) is 0 Å². The number of amides is 1. The Morgan fingerprint density at radius 3 is 2.91 bits per heavy atom. The molecule has 0 atom stereocenters. The minimum Gasteiger partial charge on any atom is -0.367 e. The van der Waals surface area contributed by atoms with E-state index in [1.807, 2.05) is 40.2 Å². The van der Waals surface area contributed by atoms with Gasteiger partial charge in [0.15, 0.2) is 0 Å². The van der Waals surface area contributed by atoms with Crippen molar-refractivity contribution in [3.05, 3.63) is 59.9 Å². The van der Waals surface area contributed by atoms with E-state index in [1.54, 1.807) is 12.4 Å². The summed E-state index contributed by atoms with van der Waals surface area (Å²) in [4.78, 5) is 17.4. The fourth-order valence-corrected chi connectivity index (χ4v) is 2.98. The van der Waals surface area contributed by atoms with Crippen LogP contribution >= 0.6 is 0 Å². The number of fused-ring (bicyclic) bond motifs is 1. The van der Waals surface area contributed by atoms with Gasteiger partial charge in [0.05, 0.1) is 24.3 Å². The Hall–Kier alpha value is -2.83. The first-order valence-electron chi connectivity index (χ1n) is 7.75. The number of aryl methyl sites for hydroxylation is 1. The smallest absolute Gasteiger partial charge is 0.255 e. The molecule has 23 heavy (non-hydrogen) atoms. The highest BCUT2D eigenvalue weighted by atomic mass is 16.2. The summed E-state index contributed by atoms with van der Waals surface area (Å²) in [6.07, 6.45) is 8.41. The third kappa shape index (κ3) is 2.65. The van der Waals surface area contributed by atoms with Gasteiger partial charge in [-0.1, -0.05) is 5.21 Å². The number of rotatable bonds is 3. The normalized spacial score (nSPS) is 14.5. The second-order valence-electron chi connectivity index (χ2n) is 5.74. The Balaban J connectivity index is 1.60. The number of hydrogen-bond donors (Lipinski definition) is 1. The monoisotopic (exact) mass is 310 g/mol. The standard InChI is InChI=1S/C16H18N6O/c23-16(13-4-5-17-10-13)21-8-3-9-22-15(12-21)14(18-19-22)11-20-6-1-2-7-20/h1-2,4-7,10,17H,3,8-9,11-12H2. The summed E-state index contributed by atoms with van der Waals surface area (Å²) in [5, 5.41) is 8.58. The van der Waals surface area contributed by atoms with Gasteiger partial charge in [0, 0.05) is 37.9 Å². The molecule has 4 rings (SSSR count). The minimum atomic E-state index is 0.0489. The van der Waals surface area contributed by atoms with Crippen LogP contribution in [0, 0.1) is 0 Å². The third-order valence-corrected chi connectivity index (χ3v) is 4.19. The molecule has 1 aliphatic heterocycles. The average Bonchev–Trinajstić information content (AvgIpc) is 3.29. The number of hydrogen-bond acceptors (Lipinski definition) is 3. The Labute approximate surface area is 133 Å². The zero-order valence-corrected chi connectivity index (χ0v) is 12.7. The van der Waals surface area contributed by atoms with E-state index in [9.17, 15) is 4.79 Å². The van der Waals surface area contributed by atoms with Gasteiger partial charge in [-0.3, -0.25) is 4.79 Å². The van der Waals surface area contributed by atoms with Crippen molar-refractivity contribution in [2.24, 2.45) is 0 Å². The van der Waals surface area contributed by atoms with Gasteiger partial charge in [-0.25, -0.2) is 4.68 Å². The number of carbonyl (C=O) groups excluding carboxylic acids is 1. The van der Waals surface area contributed by atoms with Crippen molar-refractivity contribution < 1.29 is 4.79 Å². The van der Waals surface area contributed by atoms with Crippen molar-refractivity contribution in [3.63, 3.8) is 0 Å². The molecule has 0 bridgehead atoms. The van der Waals surface area contributed by atoms with Crippen molar-refractivity contribution in [1.29, 1.82) is 0 Å². The molecule has 7 nitrogen and oxygen atoms in total. The lowest BCUT2D eigenvalue weighted by atomic mass is 10.2. The quantitative estimate of drug-likeness (QED) is 0.797. The van der Waals surface area contributed by atoms with Crippen LogP contribution in [-0.4, -0.2) is 41.9 Å². The molecule has 3 aromatic heterocycles. The first-order valence-corrected chi connectivity index (χ1v) is 7.75. The number of carbonyl (C=O) groups is 1. The molecule has 0 saturated heterocycles. The molecule has 0 aromatic carbocycles. The predicted octanol–water partition coefficient (Wildman–Crippen LogP) is 1.50.